The van der Waals surface area contributed by atoms with Gasteiger partial charge in [0.25, 0.3) is 0 Å². The average Bonchev–Trinajstić information content (AvgIpc) is 2.82. The Morgan fingerprint density at radius 1 is 1.13 bits per heavy atom. The molecule has 1 heterocycles. The number of carbonyl (C=O) groups excluding carboxylic acids is 1. The van der Waals surface area contributed by atoms with E-state index < -0.39 is 0 Å². The SMILES string of the molecule is CC(C)/C=C/C1C(=O)Nc2ccc(Nc3ccc(Cl)cc3)cc21. The van der Waals surface area contributed by atoms with Gasteiger partial charge in [-0.3, -0.25) is 4.79 Å². The van der Waals surface area contributed by atoms with Crippen LogP contribution in [0, 0.1) is 5.92 Å². The average molecular weight is 327 g/mol. The maximum Gasteiger partial charge on any atom is 0.235 e. The highest BCUT2D eigenvalue weighted by molar-refractivity contribution is 6.30. The van der Waals surface area contributed by atoms with E-state index in [1.165, 1.54) is 0 Å². The quantitative estimate of drug-likeness (QED) is 0.745. The first-order valence-corrected chi connectivity index (χ1v) is 8.06. The van der Waals surface area contributed by atoms with Gasteiger partial charge in [0.05, 0.1) is 5.92 Å². The zero-order valence-corrected chi connectivity index (χ0v) is 13.9. The fourth-order valence-corrected chi connectivity index (χ4v) is 2.71. The number of allylic oxidation sites excluding steroid dienone is 1. The van der Waals surface area contributed by atoms with E-state index in [4.69, 9.17) is 11.6 Å². The van der Waals surface area contributed by atoms with E-state index in [0.717, 1.165) is 22.6 Å². The molecule has 3 rings (SSSR count). The molecular formula is C19H19ClN2O. The van der Waals surface area contributed by atoms with Crippen LogP contribution in [0.3, 0.4) is 0 Å². The minimum atomic E-state index is -0.223. The van der Waals surface area contributed by atoms with Crippen molar-refractivity contribution in [3.63, 3.8) is 0 Å². The highest BCUT2D eigenvalue weighted by atomic mass is 35.5. The molecule has 1 aliphatic heterocycles. The number of anilines is 3. The van der Waals surface area contributed by atoms with Gasteiger partial charge in [-0.15, -0.1) is 0 Å². The summed E-state index contributed by atoms with van der Waals surface area (Å²) >= 11 is 5.91. The summed E-state index contributed by atoms with van der Waals surface area (Å²) < 4.78 is 0. The minimum absolute atomic E-state index is 0.0283. The van der Waals surface area contributed by atoms with Gasteiger partial charge in [-0.1, -0.05) is 37.6 Å². The summed E-state index contributed by atoms with van der Waals surface area (Å²) in [6.07, 6.45) is 4.05. The topological polar surface area (TPSA) is 41.1 Å². The van der Waals surface area contributed by atoms with Crippen molar-refractivity contribution in [3.8, 4) is 0 Å². The third-order valence-electron chi connectivity index (χ3n) is 3.75. The molecule has 0 saturated heterocycles. The molecule has 0 aromatic heterocycles. The lowest BCUT2D eigenvalue weighted by atomic mass is 9.98. The van der Waals surface area contributed by atoms with E-state index in [1.54, 1.807) is 0 Å². The summed E-state index contributed by atoms with van der Waals surface area (Å²) in [5.41, 5.74) is 3.80. The number of hydrogen-bond donors (Lipinski definition) is 2. The second kappa shape index (κ2) is 6.47. The van der Waals surface area contributed by atoms with E-state index in [1.807, 2.05) is 48.5 Å². The lowest BCUT2D eigenvalue weighted by Gasteiger charge is -2.10. The number of rotatable bonds is 4. The summed E-state index contributed by atoms with van der Waals surface area (Å²) in [6.45, 7) is 4.20. The van der Waals surface area contributed by atoms with Crippen molar-refractivity contribution in [3.05, 3.63) is 65.2 Å². The van der Waals surface area contributed by atoms with Gasteiger partial charge < -0.3 is 10.6 Å². The highest BCUT2D eigenvalue weighted by Gasteiger charge is 2.28. The van der Waals surface area contributed by atoms with E-state index in [0.29, 0.717) is 10.9 Å². The van der Waals surface area contributed by atoms with E-state index in [2.05, 4.69) is 30.6 Å². The van der Waals surface area contributed by atoms with Crippen molar-refractivity contribution in [1.82, 2.24) is 0 Å². The zero-order valence-electron chi connectivity index (χ0n) is 13.1. The number of hydrogen-bond acceptors (Lipinski definition) is 2. The van der Waals surface area contributed by atoms with Crippen molar-refractivity contribution in [2.45, 2.75) is 19.8 Å². The standard InChI is InChI=1S/C19H19ClN2O/c1-12(2)3-9-16-17-11-15(8-10-18(17)22-19(16)23)21-14-6-4-13(20)5-7-14/h3-12,16,21H,1-2H3,(H,22,23)/b9-3+. The molecule has 0 saturated carbocycles. The fraction of sp³-hybridized carbons (Fsp3) is 0.211. The van der Waals surface area contributed by atoms with Crippen LogP contribution >= 0.6 is 11.6 Å². The molecule has 3 nitrogen and oxygen atoms in total. The Balaban J connectivity index is 1.86. The van der Waals surface area contributed by atoms with Gasteiger partial charge in [0, 0.05) is 22.1 Å². The number of fused-ring (bicyclic) bond motifs is 1. The number of nitrogens with one attached hydrogen (secondary N) is 2. The Bertz CT molecular complexity index is 750. The third-order valence-corrected chi connectivity index (χ3v) is 4.00. The zero-order chi connectivity index (χ0) is 16.4. The first kappa shape index (κ1) is 15.6. The van der Waals surface area contributed by atoms with Crippen molar-refractivity contribution < 1.29 is 4.79 Å². The maximum atomic E-state index is 12.2. The largest absolute Gasteiger partial charge is 0.356 e. The number of halogens is 1. The molecule has 1 aliphatic rings. The van der Waals surface area contributed by atoms with E-state index >= 15 is 0 Å². The first-order chi connectivity index (χ1) is 11.0. The van der Waals surface area contributed by atoms with E-state index in [-0.39, 0.29) is 11.8 Å². The molecule has 1 atom stereocenters. The van der Waals surface area contributed by atoms with E-state index in [9.17, 15) is 4.79 Å². The van der Waals surface area contributed by atoms with Crippen molar-refractivity contribution in [2.24, 2.45) is 5.92 Å². The Kier molecular flexibility index (Phi) is 4.39. The monoisotopic (exact) mass is 326 g/mol. The number of carbonyl (C=O) groups is 1. The van der Waals surface area contributed by atoms with Gasteiger partial charge in [-0.25, -0.2) is 0 Å². The molecule has 118 valence electrons. The summed E-state index contributed by atoms with van der Waals surface area (Å²) in [7, 11) is 0. The van der Waals surface area contributed by atoms with Crippen LogP contribution in [0.5, 0.6) is 0 Å². The molecule has 2 aromatic rings. The number of amides is 1. The predicted octanol–water partition coefficient (Wildman–Crippen LogP) is 5.33. The molecule has 23 heavy (non-hydrogen) atoms. The molecule has 0 spiro atoms. The summed E-state index contributed by atoms with van der Waals surface area (Å²) in [5.74, 6) is 0.224. The maximum absolute atomic E-state index is 12.2. The van der Waals surface area contributed by atoms with Gasteiger partial charge >= 0.3 is 0 Å². The second-order valence-corrected chi connectivity index (χ2v) is 6.47. The normalized spacial score (nSPS) is 16.7. The summed E-state index contributed by atoms with van der Waals surface area (Å²) in [6, 6.07) is 13.5. The van der Waals surface area contributed by atoms with Gasteiger partial charge in [0.1, 0.15) is 0 Å². The number of benzene rings is 2. The summed E-state index contributed by atoms with van der Waals surface area (Å²) in [5, 5.41) is 6.98. The Hall–Kier alpha value is -2.26. The predicted molar refractivity (Wildman–Crippen MR) is 96.5 cm³/mol. The Morgan fingerprint density at radius 3 is 2.52 bits per heavy atom. The molecule has 4 heteroatoms. The van der Waals surface area contributed by atoms with Crippen molar-refractivity contribution >= 4 is 34.6 Å². The first-order valence-electron chi connectivity index (χ1n) is 7.68. The smallest absolute Gasteiger partial charge is 0.235 e. The Labute approximate surface area is 141 Å². The van der Waals surface area contributed by atoms with Crippen LogP contribution in [0.2, 0.25) is 5.02 Å². The van der Waals surface area contributed by atoms with Crippen LogP contribution in [0.25, 0.3) is 0 Å². The molecule has 0 radical (unpaired) electrons. The molecule has 2 aromatic carbocycles. The van der Waals surface area contributed by atoms with Crippen LogP contribution < -0.4 is 10.6 Å². The third kappa shape index (κ3) is 3.57. The second-order valence-electron chi connectivity index (χ2n) is 6.03. The molecule has 0 aliphatic carbocycles. The molecule has 2 N–H and O–H groups in total. The van der Waals surface area contributed by atoms with Gasteiger partial charge in [0.2, 0.25) is 5.91 Å². The lowest BCUT2D eigenvalue weighted by molar-refractivity contribution is -0.116. The summed E-state index contributed by atoms with van der Waals surface area (Å²) in [4.78, 5) is 12.2. The Morgan fingerprint density at radius 2 is 1.83 bits per heavy atom. The van der Waals surface area contributed by atoms with Gasteiger partial charge in [-0.05, 0) is 53.9 Å². The van der Waals surface area contributed by atoms with Crippen molar-refractivity contribution in [1.29, 1.82) is 0 Å². The minimum Gasteiger partial charge on any atom is -0.356 e. The highest BCUT2D eigenvalue weighted by Crippen LogP contribution is 2.36. The van der Waals surface area contributed by atoms with Crippen LogP contribution in [0.1, 0.15) is 25.3 Å². The van der Waals surface area contributed by atoms with Crippen LogP contribution in [0.4, 0.5) is 17.1 Å². The van der Waals surface area contributed by atoms with Crippen LogP contribution in [-0.4, -0.2) is 5.91 Å². The molecule has 1 amide bonds. The van der Waals surface area contributed by atoms with Gasteiger partial charge in [0.15, 0.2) is 0 Å². The molecule has 0 bridgehead atoms. The fourth-order valence-electron chi connectivity index (χ4n) is 2.59. The van der Waals surface area contributed by atoms with Crippen LogP contribution in [0.15, 0.2) is 54.6 Å². The van der Waals surface area contributed by atoms with Gasteiger partial charge in [-0.2, -0.15) is 0 Å². The van der Waals surface area contributed by atoms with Crippen LogP contribution in [-0.2, 0) is 4.79 Å². The molecule has 0 fully saturated rings. The molecule has 1 unspecified atom stereocenters. The van der Waals surface area contributed by atoms with Crippen molar-refractivity contribution in [2.75, 3.05) is 10.6 Å². The lowest BCUT2D eigenvalue weighted by Crippen LogP contribution is -2.09. The molecular weight excluding hydrogens is 308 g/mol.